The van der Waals surface area contributed by atoms with Crippen LogP contribution in [0, 0.1) is 10.1 Å². The first-order valence-electron chi connectivity index (χ1n) is 7.13. The van der Waals surface area contributed by atoms with Crippen molar-refractivity contribution in [3.8, 4) is 0 Å². The molecule has 0 bridgehead atoms. The van der Waals surface area contributed by atoms with Gasteiger partial charge in [0.2, 0.25) is 0 Å². The third kappa shape index (κ3) is 4.03. The van der Waals surface area contributed by atoms with Gasteiger partial charge in [-0.2, -0.15) is 0 Å². The van der Waals surface area contributed by atoms with E-state index in [0.717, 1.165) is 44.6 Å². The van der Waals surface area contributed by atoms with Crippen molar-refractivity contribution < 1.29 is 4.92 Å². The molecule has 1 N–H and O–H groups in total. The Labute approximate surface area is 129 Å². The van der Waals surface area contributed by atoms with E-state index >= 15 is 0 Å². The van der Waals surface area contributed by atoms with Crippen molar-refractivity contribution in [1.29, 1.82) is 0 Å². The van der Waals surface area contributed by atoms with Gasteiger partial charge in [-0.1, -0.05) is 23.7 Å². The van der Waals surface area contributed by atoms with Crippen LogP contribution in [0.15, 0.2) is 30.9 Å². The normalized spacial score (nSPS) is 17.4. The van der Waals surface area contributed by atoms with Crippen LogP contribution in [-0.4, -0.2) is 36.0 Å². The van der Waals surface area contributed by atoms with Gasteiger partial charge in [0.25, 0.3) is 5.69 Å². The van der Waals surface area contributed by atoms with Crippen LogP contribution in [0.2, 0.25) is 5.02 Å². The molecule has 1 aromatic rings. The summed E-state index contributed by atoms with van der Waals surface area (Å²) in [6.07, 6.45) is 3.67. The molecule has 1 aromatic carbocycles. The van der Waals surface area contributed by atoms with Crippen molar-refractivity contribution in [2.45, 2.75) is 18.9 Å². The number of allylic oxidation sites excluding steroid dienone is 1. The fourth-order valence-electron chi connectivity index (χ4n) is 2.71. The molecule has 1 atom stereocenters. The first-order chi connectivity index (χ1) is 10.1. The Hall–Kier alpha value is -1.43. The molecule has 0 aliphatic carbocycles. The second kappa shape index (κ2) is 7.54. The summed E-state index contributed by atoms with van der Waals surface area (Å²) in [7, 11) is 0. The highest BCUT2D eigenvalue weighted by molar-refractivity contribution is 6.32. The third-order valence-electron chi connectivity index (χ3n) is 3.79. The smallest absolute Gasteiger partial charge is 0.288 e. The average Bonchev–Trinajstić information content (AvgIpc) is 2.50. The van der Waals surface area contributed by atoms with Crippen molar-refractivity contribution in [1.82, 2.24) is 10.2 Å². The monoisotopic (exact) mass is 309 g/mol. The molecule has 1 aliphatic rings. The van der Waals surface area contributed by atoms with Gasteiger partial charge in [0, 0.05) is 38.3 Å². The lowest BCUT2D eigenvalue weighted by Crippen LogP contribution is -2.45. The van der Waals surface area contributed by atoms with Crippen LogP contribution in [0.25, 0.3) is 0 Å². The molecular weight excluding hydrogens is 290 g/mol. The molecule has 0 aromatic heterocycles. The summed E-state index contributed by atoms with van der Waals surface area (Å²) < 4.78 is 0. The minimum Gasteiger partial charge on any atom is -0.314 e. The van der Waals surface area contributed by atoms with Gasteiger partial charge in [0.05, 0.1) is 4.92 Å². The molecule has 0 radical (unpaired) electrons. The Kier molecular flexibility index (Phi) is 5.73. The maximum atomic E-state index is 11.1. The summed E-state index contributed by atoms with van der Waals surface area (Å²) in [6.45, 7) is 7.55. The predicted molar refractivity (Wildman–Crippen MR) is 84.7 cm³/mol. The largest absolute Gasteiger partial charge is 0.314 e. The van der Waals surface area contributed by atoms with E-state index < -0.39 is 4.92 Å². The van der Waals surface area contributed by atoms with Gasteiger partial charge in [-0.05, 0) is 24.5 Å². The summed E-state index contributed by atoms with van der Waals surface area (Å²) in [4.78, 5) is 13.0. The fraction of sp³-hybridized carbons (Fsp3) is 0.467. The predicted octanol–water partition coefficient (Wildman–Crippen LogP) is 3.16. The van der Waals surface area contributed by atoms with Gasteiger partial charge in [0.15, 0.2) is 0 Å². The molecule has 2 rings (SSSR count). The Morgan fingerprint density at radius 1 is 1.48 bits per heavy atom. The molecule has 21 heavy (non-hydrogen) atoms. The Morgan fingerprint density at radius 3 is 2.81 bits per heavy atom. The minimum absolute atomic E-state index is 0.0205. The van der Waals surface area contributed by atoms with Crippen LogP contribution >= 0.6 is 11.6 Å². The van der Waals surface area contributed by atoms with Crippen LogP contribution < -0.4 is 5.32 Å². The SMILES string of the molecule is C=CCC[C@H](c1ccc(Cl)c([N+](=O)[O-])c1)N1CCNCC1. The molecule has 5 nitrogen and oxygen atoms in total. The second-order valence-electron chi connectivity index (χ2n) is 5.14. The van der Waals surface area contributed by atoms with E-state index in [1.165, 1.54) is 0 Å². The number of nitrogens with zero attached hydrogens (tertiary/aromatic N) is 2. The zero-order valence-corrected chi connectivity index (χ0v) is 12.7. The number of hydrogen-bond acceptors (Lipinski definition) is 4. The van der Waals surface area contributed by atoms with Gasteiger partial charge in [-0.15, -0.1) is 6.58 Å². The molecule has 6 heteroatoms. The maximum Gasteiger partial charge on any atom is 0.288 e. The average molecular weight is 310 g/mol. The van der Waals surface area contributed by atoms with E-state index in [1.807, 2.05) is 12.1 Å². The summed E-state index contributed by atoms with van der Waals surface area (Å²) in [5.41, 5.74) is 0.933. The minimum atomic E-state index is -0.422. The maximum absolute atomic E-state index is 11.1. The number of benzene rings is 1. The summed E-state index contributed by atoms with van der Waals surface area (Å²) in [6, 6.07) is 5.29. The number of hydrogen-bond donors (Lipinski definition) is 1. The summed E-state index contributed by atoms with van der Waals surface area (Å²) in [5, 5.41) is 14.6. The number of piperazine rings is 1. The molecule has 1 aliphatic heterocycles. The molecule has 0 spiro atoms. The first-order valence-corrected chi connectivity index (χ1v) is 7.50. The highest BCUT2D eigenvalue weighted by atomic mass is 35.5. The molecule has 0 amide bonds. The van der Waals surface area contributed by atoms with E-state index in [9.17, 15) is 10.1 Å². The summed E-state index contributed by atoms with van der Waals surface area (Å²) >= 11 is 5.90. The zero-order valence-electron chi connectivity index (χ0n) is 11.9. The Bertz CT molecular complexity index is 516. The third-order valence-corrected chi connectivity index (χ3v) is 4.11. The van der Waals surface area contributed by atoms with Gasteiger partial charge in [-0.3, -0.25) is 15.0 Å². The second-order valence-corrected chi connectivity index (χ2v) is 5.54. The van der Waals surface area contributed by atoms with Crippen molar-refractivity contribution in [2.75, 3.05) is 26.2 Å². The highest BCUT2D eigenvalue weighted by Gasteiger charge is 2.24. The van der Waals surface area contributed by atoms with Gasteiger partial charge in [0.1, 0.15) is 5.02 Å². The van der Waals surface area contributed by atoms with Crippen LogP contribution in [0.3, 0.4) is 0 Å². The van der Waals surface area contributed by atoms with E-state index in [2.05, 4.69) is 16.8 Å². The highest BCUT2D eigenvalue weighted by Crippen LogP contribution is 2.32. The van der Waals surface area contributed by atoms with Gasteiger partial charge in [-0.25, -0.2) is 0 Å². The Morgan fingerprint density at radius 2 is 2.19 bits per heavy atom. The molecule has 1 heterocycles. The fourth-order valence-corrected chi connectivity index (χ4v) is 2.89. The summed E-state index contributed by atoms with van der Waals surface area (Å²) in [5.74, 6) is 0. The van der Waals surface area contributed by atoms with E-state index in [4.69, 9.17) is 11.6 Å². The first kappa shape index (κ1) is 15.9. The van der Waals surface area contributed by atoms with E-state index in [1.54, 1.807) is 12.1 Å². The molecule has 1 fully saturated rings. The zero-order chi connectivity index (χ0) is 15.2. The van der Waals surface area contributed by atoms with Crippen LogP contribution in [-0.2, 0) is 0 Å². The lowest BCUT2D eigenvalue weighted by Gasteiger charge is -2.35. The molecule has 114 valence electrons. The number of halogens is 1. The number of nitrogens with one attached hydrogen (secondary N) is 1. The number of rotatable bonds is 6. The standard InChI is InChI=1S/C15H20ClN3O2/c1-2-3-4-14(18-9-7-17-8-10-18)12-5-6-13(16)15(11-12)19(20)21/h2,5-6,11,14,17H,1,3-4,7-10H2/t14-/m1/s1. The van der Waals surface area contributed by atoms with Crippen molar-refractivity contribution in [2.24, 2.45) is 0 Å². The molecule has 0 unspecified atom stereocenters. The van der Waals surface area contributed by atoms with Gasteiger partial charge < -0.3 is 5.32 Å². The molecule has 0 saturated carbocycles. The van der Waals surface area contributed by atoms with Crippen LogP contribution in [0.4, 0.5) is 5.69 Å². The molecule has 1 saturated heterocycles. The van der Waals surface area contributed by atoms with Crippen LogP contribution in [0.1, 0.15) is 24.4 Å². The number of nitro benzene ring substituents is 1. The van der Waals surface area contributed by atoms with Gasteiger partial charge >= 0.3 is 0 Å². The van der Waals surface area contributed by atoms with Crippen molar-refractivity contribution in [3.63, 3.8) is 0 Å². The molecular formula is C15H20ClN3O2. The Balaban J connectivity index is 2.28. The lowest BCUT2D eigenvalue weighted by molar-refractivity contribution is -0.384. The topological polar surface area (TPSA) is 58.4 Å². The van der Waals surface area contributed by atoms with Crippen molar-refractivity contribution >= 4 is 17.3 Å². The number of nitro groups is 1. The van der Waals surface area contributed by atoms with E-state index in [-0.39, 0.29) is 16.8 Å². The quantitative estimate of drug-likeness (QED) is 0.498. The lowest BCUT2D eigenvalue weighted by atomic mass is 9.99. The van der Waals surface area contributed by atoms with Crippen molar-refractivity contribution in [3.05, 3.63) is 51.6 Å². The van der Waals surface area contributed by atoms with Crippen LogP contribution in [0.5, 0.6) is 0 Å². The van der Waals surface area contributed by atoms with E-state index in [0.29, 0.717) is 0 Å².